The van der Waals surface area contributed by atoms with Crippen LogP contribution in [-0.4, -0.2) is 32.3 Å². The van der Waals surface area contributed by atoms with Crippen molar-refractivity contribution in [3.63, 3.8) is 0 Å². The summed E-state index contributed by atoms with van der Waals surface area (Å²) in [6.07, 6.45) is 2.71. The average Bonchev–Trinajstić information content (AvgIpc) is 3.31. The molecule has 0 fully saturated rings. The fraction of sp³-hybridized carbons (Fsp3) is 0.364. The third-order valence-corrected chi connectivity index (χ3v) is 7.64. The highest BCUT2D eigenvalue weighted by molar-refractivity contribution is 7.99. The molecule has 0 saturated carbocycles. The van der Waals surface area contributed by atoms with Crippen molar-refractivity contribution in [2.24, 2.45) is 18.7 Å². The molecule has 2 heterocycles. The van der Waals surface area contributed by atoms with E-state index >= 15 is 0 Å². The van der Waals surface area contributed by atoms with Crippen molar-refractivity contribution >= 4 is 39.9 Å². The lowest BCUT2D eigenvalue weighted by atomic mass is 9.88. The summed E-state index contributed by atoms with van der Waals surface area (Å²) in [7, 11) is 1.78. The van der Waals surface area contributed by atoms with Crippen LogP contribution in [0.25, 0.3) is 0 Å². The molecule has 0 bridgehead atoms. The number of anilines is 1. The molecule has 2 aromatic heterocycles. The molecule has 1 aromatic carbocycles. The number of fused-ring (bicyclic) bond motifs is 1. The number of thioether (sulfide) groups is 1. The maximum Gasteiger partial charge on any atom is 0.251 e. The minimum atomic E-state index is -0.510. The number of nitrogens with two attached hydrogens (primary N) is 1. The number of carbonyl (C=O) groups is 2. The highest BCUT2D eigenvalue weighted by Gasteiger charge is 2.27. The molecule has 0 saturated heterocycles. The zero-order valence-electron chi connectivity index (χ0n) is 18.3. The second kappa shape index (κ2) is 9.92. The molecule has 8 nitrogen and oxygen atoms in total. The second-order valence-electron chi connectivity index (χ2n) is 7.96. The maximum absolute atomic E-state index is 13.0. The number of primary amides is 1. The molecule has 0 radical (unpaired) electrons. The summed E-state index contributed by atoms with van der Waals surface area (Å²) in [6.45, 7) is 2.34. The summed E-state index contributed by atoms with van der Waals surface area (Å²) in [5.74, 6) is 0.642. The summed E-state index contributed by atoms with van der Waals surface area (Å²) >= 11 is 2.67. The monoisotopic (exact) mass is 489 g/mol. The molecular weight excluding hydrogens is 465 g/mol. The van der Waals surface area contributed by atoms with Gasteiger partial charge in [0, 0.05) is 11.9 Å². The minimum Gasteiger partial charge on any atom is -0.486 e. The summed E-state index contributed by atoms with van der Waals surface area (Å²) < 4.78 is 20.3. The van der Waals surface area contributed by atoms with Gasteiger partial charge < -0.3 is 20.4 Å². The summed E-state index contributed by atoms with van der Waals surface area (Å²) in [4.78, 5) is 25.8. The van der Waals surface area contributed by atoms with Crippen LogP contribution in [0.3, 0.4) is 0 Å². The number of halogens is 1. The van der Waals surface area contributed by atoms with E-state index in [0.29, 0.717) is 33.2 Å². The van der Waals surface area contributed by atoms with Gasteiger partial charge in [0.25, 0.3) is 5.91 Å². The first-order chi connectivity index (χ1) is 15.8. The molecule has 1 aliphatic rings. The maximum atomic E-state index is 13.0. The van der Waals surface area contributed by atoms with Crippen LogP contribution in [0.5, 0.6) is 5.75 Å². The largest absolute Gasteiger partial charge is 0.486 e. The van der Waals surface area contributed by atoms with Gasteiger partial charge in [-0.05, 0) is 55.0 Å². The van der Waals surface area contributed by atoms with Crippen molar-refractivity contribution in [1.29, 1.82) is 0 Å². The Morgan fingerprint density at radius 1 is 1.33 bits per heavy atom. The molecule has 11 heteroatoms. The van der Waals surface area contributed by atoms with Crippen molar-refractivity contribution in [2.45, 2.75) is 37.9 Å². The second-order valence-corrected chi connectivity index (χ2v) is 10.0. The van der Waals surface area contributed by atoms with Gasteiger partial charge in [-0.3, -0.25) is 9.59 Å². The number of nitrogens with one attached hydrogen (secondary N) is 1. The van der Waals surface area contributed by atoms with Crippen LogP contribution in [0.4, 0.5) is 9.39 Å². The lowest BCUT2D eigenvalue weighted by Crippen LogP contribution is -2.20. The first-order valence-corrected chi connectivity index (χ1v) is 12.3. The van der Waals surface area contributed by atoms with Crippen LogP contribution in [0.15, 0.2) is 29.4 Å². The SMILES string of the molecule is C[C@@H]1CCc2c(sc(NC(=O)CSc3nnc(COc4ccc(F)cc4)n3C)c2C(N)=O)C1. The highest BCUT2D eigenvalue weighted by Crippen LogP contribution is 2.39. The molecule has 0 spiro atoms. The van der Waals surface area contributed by atoms with Crippen LogP contribution < -0.4 is 15.8 Å². The zero-order chi connectivity index (χ0) is 23.5. The van der Waals surface area contributed by atoms with E-state index in [4.69, 9.17) is 10.5 Å². The van der Waals surface area contributed by atoms with Crippen molar-refractivity contribution in [2.75, 3.05) is 11.1 Å². The number of amides is 2. The summed E-state index contributed by atoms with van der Waals surface area (Å²) in [5, 5.41) is 12.1. The Morgan fingerprint density at radius 3 is 2.82 bits per heavy atom. The third kappa shape index (κ3) is 5.36. The van der Waals surface area contributed by atoms with E-state index in [0.717, 1.165) is 29.7 Å². The Kier molecular flexibility index (Phi) is 6.99. The van der Waals surface area contributed by atoms with Gasteiger partial charge in [-0.25, -0.2) is 4.39 Å². The lowest BCUT2D eigenvalue weighted by Gasteiger charge is -2.18. The van der Waals surface area contributed by atoms with E-state index < -0.39 is 5.91 Å². The van der Waals surface area contributed by atoms with Crippen molar-refractivity contribution in [3.8, 4) is 5.75 Å². The molecule has 33 heavy (non-hydrogen) atoms. The van der Waals surface area contributed by atoms with E-state index in [-0.39, 0.29) is 24.1 Å². The van der Waals surface area contributed by atoms with Gasteiger partial charge in [0.05, 0.1) is 11.3 Å². The Labute approximate surface area is 198 Å². The van der Waals surface area contributed by atoms with E-state index in [9.17, 15) is 14.0 Å². The number of hydrogen-bond donors (Lipinski definition) is 2. The highest BCUT2D eigenvalue weighted by atomic mass is 32.2. The van der Waals surface area contributed by atoms with Gasteiger partial charge in [0.2, 0.25) is 5.91 Å². The molecule has 3 aromatic rings. The number of rotatable bonds is 8. The number of aromatic nitrogens is 3. The van der Waals surface area contributed by atoms with Crippen LogP contribution in [0.1, 0.15) is 40.0 Å². The quantitative estimate of drug-likeness (QED) is 0.468. The molecule has 3 N–H and O–H groups in total. The molecular formula is C22H24FN5O3S2. The van der Waals surface area contributed by atoms with E-state index in [2.05, 4.69) is 22.4 Å². The number of ether oxygens (including phenoxy) is 1. The number of hydrogen-bond acceptors (Lipinski definition) is 7. The first-order valence-electron chi connectivity index (χ1n) is 10.5. The normalized spacial score (nSPS) is 15.2. The fourth-order valence-corrected chi connectivity index (χ4v) is 5.83. The standard InChI is InChI=1S/C22H24FN5O3S2/c1-12-3-8-15-16(9-12)33-21(19(15)20(24)30)25-18(29)11-32-22-27-26-17(28(22)2)10-31-14-6-4-13(23)5-7-14/h4-7,12H,3,8-11H2,1-2H3,(H2,24,30)(H,25,29)/t12-/m1/s1. The van der Waals surface area contributed by atoms with Gasteiger partial charge in [-0.2, -0.15) is 0 Å². The molecule has 0 unspecified atom stereocenters. The topological polar surface area (TPSA) is 112 Å². The Hall–Kier alpha value is -2.92. The van der Waals surface area contributed by atoms with E-state index in [1.165, 1.54) is 47.4 Å². The van der Waals surface area contributed by atoms with Gasteiger partial charge in [0.15, 0.2) is 11.0 Å². The molecule has 4 rings (SSSR count). The van der Waals surface area contributed by atoms with Gasteiger partial charge in [-0.1, -0.05) is 18.7 Å². The van der Waals surface area contributed by atoms with Crippen LogP contribution in [0.2, 0.25) is 0 Å². The van der Waals surface area contributed by atoms with Gasteiger partial charge in [-0.15, -0.1) is 21.5 Å². The molecule has 1 atom stereocenters. The first kappa shape index (κ1) is 23.2. The molecule has 174 valence electrons. The molecule has 2 amide bonds. The lowest BCUT2D eigenvalue weighted by molar-refractivity contribution is -0.113. The molecule has 1 aliphatic carbocycles. The van der Waals surface area contributed by atoms with Gasteiger partial charge >= 0.3 is 0 Å². The van der Waals surface area contributed by atoms with E-state index in [1.807, 2.05) is 0 Å². The zero-order valence-corrected chi connectivity index (χ0v) is 19.9. The Balaban J connectivity index is 1.36. The predicted molar refractivity (Wildman–Crippen MR) is 125 cm³/mol. The predicted octanol–water partition coefficient (Wildman–Crippen LogP) is 3.55. The van der Waals surface area contributed by atoms with Crippen LogP contribution in [0, 0.1) is 11.7 Å². The van der Waals surface area contributed by atoms with Gasteiger partial charge in [0.1, 0.15) is 23.2 Å². The number of carbonyl (C=O) groups excluding carboxylic acids is 2. The average molecular weight is 490 g/mol. The molecule has 0 aliphatic heterocycles. The van der Waals surface area contributed by atoms with Crippen LogP contribution in [-0.2, 0) is 31.3 Å². The summed E-state index contributed by atoms with van der Waals surface area (Å²) in [5.41, 5.74) is 7.04. The Morgan fingerprint density at radius 2 is 2.09 bits per heavy atom. The number of benzene rings is 1. The van der Waals surface area contributed by atoms with E-state index in [1.54, 1.807) is 11.6 Å². The number of thiophene rings is 1. The number of nitrogens with zero attached hydrogens (tertiary/aromatic N) is 3. The minimum absolute atomic E-state index is 0.0992. The summed E-state index contributed by atoms with van der Waals surface area (Å²) in [6, 6.07) is 5.71. The van der Waals surface area contributed by atoms with Crippen LogP contribution >= 0.6 is 23.1 Å². The van der Waals surface area contributed by atoms with Crippen molar-refractivity contribution in [3.05, 3.63) is 51.9 Å². The smallest absolute Gasteiger partial charge is 0.251 e. The van der Waals surface area contributed by atoms with Crippen molar-refractivity contribution in [1.82, 2.24) is 14.8 Å². The Bertz CT molecular complexity index is 1180. The van der Waals surface area contributed by atoms with Crippen molar-refractivity contribution < 1.29 is 18.7 Å². The fourth-order valence-electron chi connectivity index (χ4n) is 3.67. The third-order valence-electron chi connectivity index (χ3n) is 5.45.